The minimum absolute atomic E-state index is 0.113. The Kier molecular flexibility index (Phi) is 6.23. The molecule has 1 N–H and O–H groups in total. The number of allylic oxidation sites excluding steroid dienone is 4. The van der Waals surface area contributed by atoms with Gasteiger partial charge in [-0.15, -0.1) is 11.3 Å². The molecule has 4 aromatic rings. The second kappa shape index (κ2) is 9.50. The molecule has 11 heteroatoms. The number of aromatic nitrogens is 5. The van der Waals surface area contributed by atoms with Crippen LogP contribution in [0, 0.1) is 19.8 Å². The first-order valence-corrected chi connectivity index (χ1v) is 12.3. The molecule has 0 aliphatic heterocycles. The normalized spacial score (nSPS) is 15.5. The standard InChI is InChI=1S/C25H24N6O4S/c1-5-34-25(33)24-27-14(3)21(36-24)17-8-9-20-26-11-19(31(20)12-17)23(32)29-18-10-16(7-6-13(18)2)22-28-15(4)35-30-22/h7-13H,5-6H2,1-4H3,(H,29,32). The molecular formula is C25H24N6O4S. The summed E-state index contributed by atoms with van der Waals surface area (Å²) in [4.78, 5) is 39.3. The fraction of sp³-hybridized carbons (Fsp3) is 0.280. The maximum absolute atomic E-state index is 13.3. The molecule has 0 bridgehead atoms. The number of esters is 1. The third-order valence-electron chi connectivity index (χ3n) is 5.82. The van der Waals surface area contributed by atoms with Crippen LogP contribution in [0.5, 0.6) is 0 Å². The number of nitrogens with zero attached hydrogens (tertiary/aromatic N) is 5. The number of hydrogen-bond acceptors (Lipinski definition) is 9. The number of imidazole rings is 1. The number of hydrogen-bond donors (Lipinski definition) is 1. The molecule has 1 aliphatic rings. The topological polar surface area (TPSA) is 125 Å². The highest BCUT2D eigenvalue weighted by atomic mass is 32.1. The lowest BCUT2D eigenvalue weighted by molar-refractivity contribution is 0.0525. The maximum Gasteiger partial charge on any atom is 0.367 e. The molecule has 36 heavy (non-hydrogen) atoms. The maximum atomic E-state index is 13.3. The van der Waals surface area contributed by atoms with Gasteiger partial charge in [0.25, 0.3) is 5.91 Å². The van der Waals surface area contributed by atoms with Gasteiger partial charge in [0.2, 0.25) is 16.7 Å². The SMILES string of the molecule is CCOC(=O)c1nc(C)c(-c2ccc3ncc(C(=O)NC4=CC(c5noc(C)n5)=CCC4C)n3c2)s1. The molecule has 1 amide bonds. The molecule has 5 rings (SSSR count). The van der Waals surface area contributed by atoms with E-state index in [4.69, 9.17) is 9.26 Å². The van der Waals surface area contributed by atoms with Crippen LogP contribution in [0.25, 0.3) is 21.7 Å². The highest BCUT2D eigenvalue weighted by Crippen LogP contribution is 2.31. The number of carbonyl (C=O) groups is 2. The van der Waals surface area contributed by atoms with Crippen LogP contribution in [0.1, 0.15) is 58.0 Å². The van der Waals surface area contributed by atoms with Crippen LogP contribution in [0.4, 0.5) is 0 Å². The molecule has 4 aromatic heterocycles. The number of rotatable bonds is 6. The van der Waals surface area contributed by atoms with Crippen molar-refractivity contribution in [1.29, 1.82) is 0 Å². The van der Waals surface area contributed by atoms with Crippen molar-refractivity contribution in [3.8, 4) is 10.4 Å². The summed E-state index contributed by atoms with van der Waals surface area (Å²) >= 11 is 1.26. The lowest BCUT2D eigenvalue weighted by Gasteiger charge is -2.20. The van der Waals surface area contributed by atoms with E-state index in [-0.39, 0.29) is 18.4 Å². The first-order chi connectivity index (χ1) is 17.3. The van der Waals surface area contributed by atoms with E-state index in [1.807, 2.05) is 44.3 Å². The summed E-state index contributed by atoms with van der Waals surface area (Å²) < 4.78 is 11.9. The van der Waals surface area contributed by atoms with Crippen molar-refractivity contribution in [1.82, 2.24) is 29.8 Å². The summed E-state index contributed by atoms with van der Waals surface area (Å²) in [5, 5.41) is 7.31. The lowest BCUT2D eigenvalue weighted by atomic mass is 9.94. The number of amides is 1. The van der Waals surface area contributed by atoms with E-state index in [9.17, 15) is 9.59 Å². The van der Waals surface area contributed by atoms with Crippen LogP contribution >= 0.6 is 11.3 Å². The van der Waals surface area contributed by atoms with Crippen LogP contribution in [0.15, 0.2) is 46.9 Å². The average molecular weight is 505 g/mol. The molecule has 1 aliphatic carbocycles. The molecule has 4 heterocycles. The van der Waals surface area contributed by atoms with E-state index in [0.29, 0.717) is 33.8 Å². The van der Waals surface area contributed by atoms with Crippen LogP contribution in [0.3, 0.4) is 0 Å². The number of aryl methyl sites for hydroxylation is 2. The van der Waals surface area contributed by atoms with Crippen LogP contribution in [-0.2, 0) is 4.74 Å². The summed E-state index contributed by atoms with van der Waals surface area (Å²) in [5.74, 6) is 0.362. The Balaban J connectivity index is 1.43. The summed E-state index contributed by atoms with van der Waals surface area (Å²) in [6.07, 6.45) is 8.03. The average Bonchev–Trinajstić information content (AvgIpc) is 3.58. The van der Waals surface area contributed by atoms with Gasteiger partial charge in [-0.3, -0.25) is 9.20 Å². The fourth-order valence-electron chi connectivity index (χ4n) is 3.95. The third kappa shape index (κ3) is 4.44. The predicted octanol–water partition coefficient (Wildman–Crippen LogP) is 4.37. The van der Waals surface area contributed by atoms with Crippen molar-refractivity contribution < 1.29 is 18.8 Å². The second-order valence-corrected chi connectivity index (χ2v) is 9.43. The van der Waals surface area contributed by atoms with Crippen molar-refractivity contribution in [2.45, 2.75) is 34.1 Å². The number of thiazole rings is 1. The first-order valence-electron chi connectivity index (χ1n) is 11.5. The minimum Gasteiger partial charge on any atom is -0.461 e. The zero-order valence-corrected chi connectivity index (χ0v) is 21.0. The van der Waals surface area contributed by atoms with Crippen LogP contribution in [0.2, 0.25) is 0 Å². The smallest absolute Gasteiger partial charge is 0.367 e. The van der Waals surface area contributed by atoms with E-state index < -0.39 is 5.97 Å². The summed E-state index contributed by atoms with van der Waals surface area (Å²) in [5.41, 5.74) is 4.13. The monoisotopic (exact) mass is 504 g/mol. The van der Waals surface area contributed by atoms with Crippen molar-refractivity contribution in [3.63, 3.8) is 0 Å². The Morgan fingerprint density at radius 1 is 1.28 bits per heavy atom. The van der Waals surface area contributed by atoms with E-state index in [1.54, 1.807) is 24.4 Å². The molecule has 0 aromatic carbocycles. The van der Waals surface area contributed by atoms with Gasteiger partial charge in [-0.2, -0.15) is 4.98 Å². The quantitative estimate of drug-likeness (QED) is 0.384. The Labute approximate surface area is 210 Å². The fourth-order valence-corrected chi connectivity index (χ4v) is 4.90. The number of pyridine rings is 1. The van der Waals surface area contributed by atoms with E-state index in [2.05, 4.69) is 25.4 Å². The minimum atomic E-state index is -0.445. The first kappa shape index (κ1) is 23.6. The number of fused-ring (bicyclic) bond motifs is 1. The highest BCUT2D eigenvalue weighted by Gasteiger charge is 2.22. The van der Waals surface area contributed by atoms with Gasteiger partial charge in [-0.05, 0) is 44.4 Å². The van der Waals surface area contributed by atoms with Gasteiger partial charge in [0.15, 0.2) is 0 Å². The predicted molar refractivity (Wildman–Crippen MR) is 133 cm³/mol. The van der Waals surface area contributed by atoms with E-state index in [0.717, 1.165) is 28.1 Å². The highest BCUT2D eigenvalue weighted by molar-refractivity contribution is 7.17. The van der Waals surface area contributed by atoms with Crippen LogP contribution < -0.4 is 5.32 Å². The molecule has 0 saturated carbocycles. The zero-order chi connectivity index (χ0) is 25.4. The summed E-state index contributed by atoms with van der Waals surface area (Å²) in [6, 6.07) is 3.73. The molecule has 1 atom stereocenters. The number of carbonyl (C=O) groups excluding carboxylic acids is 2. The zero-order valence-electron chi connectivity index (χ0n) is 20.2. The van der Waals surface area contributed by atoms with E-state index >= 15 is 0 Å². The summed E-state index contributed by atoms with van der Waals surface area (Å²) in [6.45, 7) is 7.66. The Morgan fingerprint density at radius 3 is 2.86 bits per heavy atom. The van der Waals surface area contributed by atoms with Crippen molar-refractivity contribution in [3.05, 3.63) is 70.5 Å². The molecule has 1 unspecified atom stereocenters. The van der Waals surface area contributed by atoms with Gasteiger partial charge in [0.05, 0.1) is 23.4 Å². The molecule has 184 valence electrons. The van der Waals surface area contributed by atoms with Gasteiger partial charge < -0.3 is 14.6 Å². The largest absolute Gasteiger partial charge is 0.461 e. The molecule has 0 spiro atoms. The molecule has 0 saturated heterocycles. The van der Waals surface area contributed by atoms with Gasteiger partial charge in [-0.1, -0.05) is 18.2 Å². The van der Waals surface area contributed by atoms with Crippen molar-refractivity contribution in [2.75, 3.05) is 6.61 Å². The number of nitrogens with one attached hydrogen (secondary N) is 1. The molecule has 0 radical (unpaired) electrons. The van der Waals surface area contributed by atoms with Gasteiger partial charge >= 0.3 is 5.97 Å². The van der Waals surface area contributed by atoms with Gasteiger partial charge in [-0.25, -0.2) is 14.8 Å². The van der Waals surface area contributed by atoms with Crippen molar-refractivity contribution >= 4 is 34.4 Å². The Hall–Kier alpha value is -4.12. The van der Waals surface area contributed by atoms with Gasteiger partial charge in [0, 0.05) is 30.0 Å². The number of ether oxygens (including phenoxy) is 1. The summed E-state index contributed by atoms with van der Waals surface area (Å²) in [7, 11) is 0. The Morgan fingerprint density at radius 2 is 2.11 bits per heavy atom. The molecular weight excluding hydrogens is 480 g/mol. The third-order valence-corrected chi connectivity index (χ3v) is 7.01. The lowest BCUT2D eigenvalue weighted by Crippen LogP contribution is -2.28. The van der Waals surface area contributed by atoms with E-state index in [1.165, 1.54) is 11.3 Å². The Bertz CT molecular complexity index is 1540. The molecule has 10 nitrogen and oxygen atoms in total. The van der Waals surface area contributed by atoms with Crippen LogP contribution in [-0.4, -0.2) is 43.0 Å². The second-order valence-electron chi connectivity index (χ2n) is 8.43. The molecule has 0 fully saturated rings. The van der Waals surface area contributed by atoms with Crippen molar-refractivity contribution in [2.24, 2.45) is 5.92 Å². The van der Waals surface area contributed by atoms with Gasteiger partial charge in [0.1, 0.15) is 11.3 Å².